The van der Waals surface area contributed by atoms with Gasteiger partial charge in [0.15, 0.2) is 5.60 Å². The Morgan fingerprint density at radius 3 is 2.67 bits per heavy atom. The number of carbonyl (C=O) groups is 1. The first kappa shape index (κ1) is 13.2. The van der Waals surface area contributed by atoms with E-state index in [2.05, 4.69) is 0 Å². The summed E-state index contributed by atoms with van der Waals surface area (Å²) < 4.78 is 1.07. The molecule has 1 aromatic rings. The Labute approximate surface area is 114 Å². The second-order valence-electron chi connectivity index (χ2n) is 4.15. The number of hydrogen-bond donors (Lipinski definition) is 1. The molecule has 0 amide bonds. The van der Waals surface area contributed by atoms with Gasteiger partial charge in [-0.3, -0.25) is 0 Å². The third-order valence-corrected chi connectivity index (χ3v) is 3.88. The molecule has 0 saturated heterocycles. The SMILES string of the molecule is CC1=C(Cl)C(C)(c2cccc(C(=O)O)c2)ON1Cl. The molecule has 18 heavy (non-hydrogen) atoms. The summed E-state index contributed by atoms with van der Waals surface area (Å²) in [5.74, 6) is -1.00. The van der Waals surface area contributed by atoms with Gasteiger partial charge in [-0.05, 0) is 31.5 Å². The first-order valence-corrected chi connectivity index (χ1v) is 5.93. The summed E-state index contributed by atoms with van der Waals surface area (Å²) in [4.78, 5) is 16.5. The molecule has 96 valence electrons. The van der Waals surface area contributed by atoms with Crippen molar-refractivity contribution in [3.05, 3.63) is 46.1 Å². The maximum atomic E-state index is 11.0. The molecule has 1 heterocycles. The summed E-state index contributed by atoms with van der Waals surface area (Å²) in [5, 5.41) is 9.41. The van der Waals surface area contributed by atoms with Gasteiger partial charge in [0.25, 0.3) is 0 Å². The number of nitrogens with zero attached hydrogens (tertiary/aromatic N) is 1. The summed E-state index contributed by atoms with van der Waals surface area (Å²) in [6.07, 6.45) is 0. The molecule has 1 atom stereocenters. The van der Waals surface area contributed by atoms with Crippen molar-refractivity contribution in [2.45, 2.75) is 19.4 Å². The van der Waals surface area contributed by atoms with E-state index in [9.17, 15) is 4.79 Å². The van der Waals surface area contributed by atoms with E-state index in [-0.39, 0.29) is 5.56 Å². The average molecular weight is 288 g/mol. The molecular formula is C12H11Cl2NO3. The average Bonchev–Trinajstić information content (AvgIpc) is 2.55. The normalized spacial score (nSPS) is 23.7. The van der Waals surface area contributed by atoms with Crippen molar-refractivity contribution in [3.63, 3.8) is 0 Å². The first-order chi connectivity index (χ1) is 8.36. The Morgan fingerprint density at radius 1 is 1.50 bits per heavy atom. The molecule has 0 spiro atoms. The second kappa shape index (κ2) is 4.46. The van der Waals surface area contributed by atoms with Crippen molar-refractivity contribution in [1.82, 2.24) is 4.58 Å². The highest BCUT2D eigenvalue weighted by atomic mass is 35.5. The van der Waals surface area contributed by atoms with Crippen molar-refractivity contribution in [2.75, 3.05) is 0 Å². The number of carboxylic acid groups (broad SMARTS) is 1. The number of carboxylic acids is 1. The number of hydrogen-bond acceptors (Lipinski definition) is 3. The molecule has 2 rings (SSSR count). The van der Waals surface area contributed by atoms with Crippen LogP contribution in [0.1, 0.15) is 29.8 Å². The summed E-state index contributed by atoms with van der Waals surface area (Å²) in [7, 11) is 0. The molecule has 0 fully saturated rings. The van der Waals surface area contributed by atoms with Gasteiger partial charge < -0.3 is 5.11 Å². The van der Waals surface area contributed by atoms with E-state index >= 15 is 0 Å². The highest BCUT2D eigenvalue weighted by Gasteiger charge is 2.42. The lowest BCUT2D eigenvalue weighted by Crippen LogP contribution is -2.24. The van der Waals surface area contributed by atoms with Crippen molar-refractivity contribution < 1.29 is 14.7 Å². The summed E-state index contributed by atoms with van der Waals surface area (Å²) in [5.41, 5.74) is 0.433. The fourth-order valence-electron chi connectivity index (χ4n) is 1.82. The minimum absolute atomic E-state index is 0.174. The maximum absolute atomic E-state index is 11.0. The van der Waals surface area contributed by atoms with Crippen molar-refractivity contribution in [1.29, 1.82) is 0 Å². The number of hydroxylamine groups is 1. The van der Waals surface area contributed by atoms with E-state index in [1.807, 2.05) is 0 Å². The Bertz CT molecular complexity index is 544. The number of allylic oxidation sites excluding steroid dienone is 1. The zero-order chi connectivity index (χ0) is 13.5. The van der Waals surface area contributed by atoms with Crippen LogP contribution in [0.2, 0.25) is 0 Å². The fourth-order valence-corrected chi connectivity index (χ4v) is 2.31. The van der Waals surface area contributed by atoms with Gasteiger partial charge in [-0.1, -0.05) is 23.7 Å². The Balaban J connectivity index is 2.50. The van der Waals surface area contributed by atoms with Gasteiger partial charge >= 0.3 is 5.97 Å². The molecule has 0 bridgehead atoms. The van der Waals surface area contributed by atoms with Gasteiger partial charge in [-0.15, -0.1) is 0 Å². The highest BCUT2D eigenvalue weighted by Crippen LogP contribution is 2.45. The summed E-state index contributed by atoms with van der Waals surface area (Å²) >= 11 is 12.1. The van der Waals surface area contributed by atoms with Crippen LogP contribution < -0.4 is 0 Å². The lowest BCUT2D eigenvalue weighted by atomic mass is 9.93. The molecule has 1 N–H and O–H groups in total. The van der Waals surface area contributed by atoms with Crippen LogP contribution >= 0.6 is 23.4 Å². The van der Waals surface area contributed by atoms with E-state index in [1.165, 1.54) is 12.1 Å². The van der Waals surface area contributed by atoms with Gasteiger partial charge in [0.2, 0.25) is 0 Å². The minimum Gasteiger partial charge on any atom is -0.478 e. The summed E-state index contributed by atoms with van der Waals surface area (Å²) in [6, 6.07) is 6.42. The van der Waals surface area contributed by atoms with Gasteiger partial charge in [-0.25, -0.2) is 9.63 Å². The van der Waals surface area contributed by atoms with Crippen LogP contribution in [-0.2, 0) is 10.4 Å². The summed E-state index contributed by atoms with van der Waals surface area (Å²) in [6.45, 7) is 3.46. The molecule has 0 saturated carbocycles. The molecule has 1 unspecified atom stereocenters. The Hall–Kier alpha value is -1.23. The van der Waals surface area contributed by atoms with Crippen LogP contribution in [0.15, 0.2) is 35.0 Å². The number of aromatic carboxylic acids is 1. The second-order valence-corrected chi connectivity index (χ2v) is 4.84. The number of rotatable bonds is 2. The smallest absolute Gasteiger partial charge is 0.335 e. The first-order valence-electron chi connectivity index (χ1n) is 5.22. The third kappa shape index (κ3) is 1.96. The van der Waals surface area contributed by atoms with E-state index in [4.69, 9.17) is 33.3 Å². The quantitative estimate of drug-likeness (QED) is 0.846. The number of benzene rings is 1. The van der Waals surface area contributed by atoms with E-state index < -0.39 is 11.6 Å². The lowest BCUT2D eigenvalue weighted by Gasteiger charge is -2.24. The van der Waals surface area contributed by atoms with Crippen LogP contribution in [0.4, 0.5) is 0 Å². The molecular weight excluding hydrogens is 277 g/mol. The van der Waals surface area contributed by atoms with Crippen molar-refractivity contribution in [2.24, 2.45) is 0 Å². The predicted molar refractivity (Wildman–Crippen MR) is 68.1 cm³/mol. The van der Waals surface area contributed by atoms with Crippen LogP contribution in [0.25, 0.3) is 0 Å². The Kier molecular flexibility index (Phi) is 3.27. The Morgan fingerprint density at radius 2 is 2.17 bits per heavy atom. The van der Waals surface area contributed by atoms with Crippen molar-refractivity contribution in [3.8, 4) is 0 Å². The topological polar surface area (TPSA) is 49.8 Å². The van der Waals surface area contributed by atoms with Crippen LogP contribution in [0.3, 0.4) is 0 Å². The zero-order valence-electron chi connectivity index (χ0n) is 9.78. The number of halogens is 2. The minimum atomic E-state index is -1.00. The maximum Gasteiger partial charge on any atom is 0.335 e. The van der Waals surface area contributed by atoms with Crippen LogP contribution in [0.5, 0.6) is 0 Å². The van der Waals surface area contributed by atoms with Crippen LogP contribution in [-0.4, -0.2) is 15.7 Å². The van der Waals surface area contributed by atoms with Gasteiger partial charge in [0, 0.05) is 11.8 Å². The molecule has 4 nitrogen and oxygen atoms in total. The van der Waals surface area contributed by atoms with Gasteiger partial charge in [0.1, 0.15) is 0 Å². The monoisotopic (exact) mass is 287 g/mol. The van der Waals surface area contributed by atoms with Gasteiger partial charge in [0.05, 0.1) is 16.3 Å². The lowest BCUT2D eigenvalue weighted by molar-refractivity contribution is -0.126. The van der Waals surface area contributed by atoms with E-state index in [1.54, 1.807) is 26.0 Å². The molecule has 1 aromatic carbocycles. The van der Waals surface area contributed by atoms with Crippen LogP contribution in [0, 0.1) is 0 Å². The molecule has 6 heteroatoms. The van der Waals surface area contributed by atoms with Gasteiger partial charge in [-0.2, -0.15) is 4.58 Å². The molecule has 0 aromatic heterocycles. The van der Waals surface area contributed by atoms with E-state index in [0.717, 1.165) is 4.58 Å². The third-order valence-electron chi connectivity index (χ3n) is 2.92. The molecule has 0 aliphatic carbocycles. The van der Waals surface area contributed by atoms with Crippen molar-refractivity contribution >= 4 is 29.3 Å². The molecule has 1 aliphatic rings. The molecule has 0 radical (unpaired) electrons. The largest absolute Gasteiger partial charge is 0.478 e. The predicted octanol–water partition coefficient (Wildman–Crippen LogP) is 3.47. The molecule has 1 aliphatic heterocycles. The highest BCUT2D eigenvalue weighted by molar-refractivity contribution is 6.31. The zero-order valence-corrected chi connectivity index (χ0v) is 11.3. The fraction of sp³-hybridized carbons (Fsp3) is 0.250. The standard InChI is InChI=1S/C12H11Cl2NO3/c1-7-10(13)12(2,18-15(7)14)9-5-3-4-8(6-9)11(16)17/h3-6H,1-2H3,(H,16,17). The van der Waals surface area contributed by atoms with E-state index in [0.29, 0.717) is 16.3 Å².